The molecule has 3 aromatic rings. The quantitative estimate of drug-likeness (QED) is 0.649. The van der Waals surface area contributed by atoms with Crippen molar-refractivity contribution in [3.63, 3.8) is 0 Å². The smallest absolute Gasteiger partial charge is 0.337 e. The number of anilines is 1. The number of hydrogen-bond acceptors (Lipinski definition) is 6. The first-order valence-corrected chi connectivity index (χ1v) is 8.49. The first-order chi connectivity index (χ1) is 13.0. The lowest BCUT2D eigenvalue weighted by atomic mass is 10.2. The summed E-state index contributed by atoms with van der Waals surface area (Å²) in [6, 6.07) is 13.5. The molecule has 138 valence electrons. The van der Waals surface area contributed by atoms with Crippen LogP contribution in [0, 0.1) is 0 Å². The van der Waals surface area contributed by atoms with Gasteiger partial charge >= 0.3 is 5.97 Å². The van der Waals surface area contributed by atoms with Crippen LogP contribution in [0.25, 0.3) is 11.5 Å². The van der Waals surface area contributed by atoms with E-state index >= 15 is 0 Å². The summed E-state index contributed by atoms with van der Waals surface area (Å²) in [5.41, 5.74) is 1.75. The Hall–Kier alpha value is -3.19. The Bertz CT molecular complexity index is 936. The van der Waals surface area contributed by atoms with Crippen LogP contribution < -0.4 is 5.32 Å². The number of nitrogens with one attached hydrogen (secondary N) is 1. The molecule has 0 aliphatic rings. The summed E-state index contributed by atoms with van der Waals surface area (Å²) in [6.07, 6.45) is 0.494. The van der Waals surface area contributed by atoms with Gasteiger partial charge in [-0.3, -0.25) is 4.79 Å². The van der Waals surface area contributed by atoms with E-state index in [1.165, 1.54) is 7.11 Å². The van der Waals surface area contributed by atoms with E-state index in [9.17, 15) is 9.59 Å². The summed E-state index contributed by atoms with van der Waals surface area (Å²) in [7, 11) is 1.31. The number of ether oxygens (including phenoxy) is 1. The van der Waals surface area contributed by atoms with Crippen molar-refractivity contribution in [3.05, 3.63) is 65.0 Å². The summed E-state index contributed by atoms with van der Waals surface area (Å²) in [4.78, 5) is 23.5. The molecule has 1 N–H and O–H groups in total. The summed E-state index contributed by atoms with van der Waals surface area (Å²) in [6.45, 7) is 0. The zero-order valence-electron chi connectivity index (χ0n) is 14.4. The minimum Gasteiger partial charge on any atom is -0.465 e. The number of carbonyl (C=O) groups excluding carboxylic acids is 2. The SMILES string of the molecule is COC(=O)c1ccc(NC(=O)CCc2nnc(-c3ccc(Cl)cc3)o2)cc1. The van der Waals surface area contributed by atoms with Crippen LogP contribution in [-0.4, -0.2) is 29.2 Å². The normalized spacial score (nSPS) is 10.4. The number of aryl methyl sites for hydroxylation is 1. The molecule has 1 heterocycles. The van der Waals surface area contributed by atoms with E-state index in [0.29, 0.717) is 34.5 Å². The highest BCUT2D eigenvalue weighted by Crippen LogP contribution is 2.20. The van der Waals surface area contributed by atoms with Crippen LogP contribution in [0.5, 0.6) is 0 Å². The number of amides is 1. The van der Waals surface area contributed by atoms with Gasteiger partial charge in [-0.05, 0) is 48.5 Å². The number of halogens is 1. The molecule has 0 unspecified atom stereocenters. The second-order valence-electron chi connectivity index (χ2n) is 5.62. The first-order valence-electron chi connectivity index (χ1n) is 8.11. The van der Waals surface area contributed by atoms with Gasteiger partial charge in [0.15, 0.2) is 0 Å². The van der Waals surface area contributed by atoms with Crippen LogP contribution in [-0.2, 0) is 16.0 Å². The molecular weight excluding hydrogens is 370 g/mol. The molecule has 0 saturated carbocycles. The van der Waals surface area contributed by atoms with E-state index in [0.717, 1.165) is 5.56 Å². The predicted octanol–water partition coefficient (Wildman–Crippen LogP) is 3.75. The molecule has 0 bridgehead atoms. The summed E-state index contributed by atoms with van der Waals surface area (Å²) >= 11 is 5.85. The van der Waals surface area contributed by atoms with Crippen LogP contribution in [0.4, 0.5) is 5.69 Å². The highest BCUT2D eigenvalue weighted by Gasteiger charge is 2.11. The van der Waals surface area contributed by atoms with Crippen LogP contribution in [0.1, 0.15) is 22.7 Å². The average molecular weight is 386 g/mol. The Morgan fingerprint density at radius 1 is 1.07 bits per heavy atom. The molecule has 0 fully saturated rings. The molecule has 0 atom stereocenters. The van der Waals surface area contributed by atoms with Gasteiger partial charge < -0.3 is 14.5 Å². The lowest BCUT2D eigenvalue weighted by Gasteiger charge is -2.05. The molecule has 0 spiro atoms. The molecule has 2 aromatic carbocycles. The molecule has 1 amide bonds. The van der Waals surface area contributed by atoms with E-state index in [-0.39, 0.29) is 12.3 Å². The number of carbonyl (C=O) groups is 2. The van der Waals surface area contributed by atoms with Crippen LogP contribution in [0.15, 0.2) is 52.9 Å². The highest BCUT2D eigenvalue weighted by atomic mass is 35.5. The third-order valence-corrected chi connectivity index (χ3v) is 3.97. The fourth-order valence-electron chi connectivity index (χ4n) is 2.32. The number of benzene rings is 2. The van der Waals surface area contributed by atoms with Crippen molar-refractivity contribution in [2.24, 2.45) is 0 Å². The van der Waals surface area contributed by atoms with Crippen LogP contribution in [0.2, 0.25) is 5.02 Å². The summed E-state index contributed by atoms with van der Waals surface area (Å²) in [5, 5.41) is 11.3. The molecular formula is C19H16ClN3O4. The van der Waals surface area contributed by atoms with Gasteiger partial charge in [-0.1, -0.05) is 11.6 Å². The average Bonchev–Trinajstić information content (AvgIpc) is 3.16. The molecule has 27 heavy (non-hydrogen) atoms. The molecule has 3 rings (SSSR count). The Labute approximate surface area is 160 Å². The lowest BCUT2D eigenvalue weighted by Crippen LogP contribution is -2.12. The Morgan fingerprint density at radius 3 is 2.44 bits per heavy atom. The largest absolute Gasteiger partial charge is 0.465 e. The Balaban J connectivity index is 1.53. The maximum absolute atomic E-state index is 12.1. The van der Waals surface area contributed by atoms with Gasteiger partial charge in [0.05, 0.1) is 12.7 Å². The van der Waals surface area contributed by atoms with Crippen molar-refractivity contribution in [1.82, 2.24) is 10.2 Å². The third-order valence-electron chi connectivity index (χ3n) is 3.71. The molecule has 8 heteroatoms. The van der Waals surface area contributed by atoms with E-state index in [1.54, 1.807) is 48.5 Å². The highest BCUT2D eigenvalue weighted by molar-refractivity contribution is 6.30. The number of aromatic nitrogens is 2. The predicted molar refractivity (Wildman–Crippen MR) is 99.5 cm³/mol. The molecule has 0 aliphatic carbocycles. The van der Waals surface area contributed by atoms with Gasteiger partial charge in [0.25, 0.3) is 0 Å². The summed E-state index contributed by atoms with van der Waals surface area (Å²) < 4.78 is 10.2. The molecule has 1 aromatic heterocycles. The molecule has 7 nitrogen and oxygen atoms in total. The van der Waals surface area contributed by atoms with Gasteiger partial charge in [-0.15, -0.1) is 10.2 Å². The van der Waals surface area contributed by atoms with Gasteiger partial charge in [-0.25, -0.2) is 4.79 Å². The van der Waals surface area contributed by atoms with Crippen molar-refractivity contribution < 1.29 is 18.7 Å². The third kappa shape index (κ3) is 4.92. The van der Waals surface area contributed by atoms with Crippen molar-refractivity contribution in [3.8, 4) is 11.5 Å². The number of esters is 1. The van der Waals surface area contributed by atoms with E-state index in [4.69, 9.17) is 16.0 Å². The zero-order valence-corrected chi connectivity index (χ0v) is 15.2. The topological polar surface area (TPSA) is 94.3 Å². The maximum Gasteiger partial charge on any atom is 0.337 e. The monoisotopic (exact) mass is 385 g/mol. The number of hydrogen-bond donors (Lipinski definition) is 1. The molecule has 0 aliphatic heterocycles. The van der Waals surface area contributed by atoms with Crippen LogP contribution in [0.3, 0.4) is 0 Å². The van der Waals surface area contributed by atoms with Gasteiger partial charge in [0.2, 0.25) is 17.7 Å². The molecule has 0 radical (unpaired) electrons. The second-order valence-corrected chi connectivity index (χ2v) is 6.06. The lowest BCUT2D eigenvalue weighted by molar-refractivity contribution is -0.116. The van der Waals surface area contributed by atoms with Crippen molar-refractivity contribution >= 4 is 29.2 Å². The minimum atomic E-state index is -0.430. The number of nitrogens with zero attached hydrogens (tertiary/aromatic N) is 2. The second kappa shape index (κ2) is 8.46. The van der Waals surface area contributed by atoms with Gasteiger partial charge in [0.1, 0.15) is 0 Å². The van der Waals surface area contributed by atoms with E-state index in [1.807, 2.05) is 0 Å². The van der Waals surface area contributed by atoms with Gasteiger partial charge in [-0.2, -0.15) is 0 Å². The van der Waals surface area contributed by atoms with Crippen LogP contribution >= 0.6 is 11.6 Å². The maximum atomic E-state index is 12.1. The van der Waals surface area contributed by atoms with Crippen molar-refractivity contribution in [2.75, 3.05) is 12.4 Å². The first kappa shape index (κ1) is 18.6. The van der Waals surface area contributed by atoms with Crippen molar-refractivity contribution in [2.45, 2.75) is 12.8 Å². The Kier molecular flexibility index (Phi) is 5.83. The number of methoxy groups -OCH3 is 1. The van der Waals surface area contributed by atoms with E-state index in [2.05, 4.69) is 20.3 Å². The number of rotatable bonds is 6. The van der Waals surface area contributed by atoms with Crippen molar-refractivity contribution in [1.29, 1.82) is 0 Å². The van der Waals surface area contributed by atoms with Gasteiger partial charge in [0, 0.05) is 29.1 Å². The summed E-state index contributed by atoms with van der Waals surface area (Å²) in [5.74, 6) is 0.115. The Morgan fingerprint density at radius 2 is 1.78 bits per heavy atom. The standard InChI is InChI=1S/C19H16ClN3O4/c1-26-19(25)13-4-8-15(9-5-13)21-16(24)10-11-17-22-23-18(27-17)12-2-6-14(20)7-3-12/h2-9H,10-11H2,1H3,(H,21,24). The fraction of sp³-hybridized carbons (Fsp3) is 0.158. The molecule has 0 saturated heterocycles. The fourth-order valence-corrected chi connectivity index (χ4v) is 2.44. The van der Waals surface area contributed by atoms with E-state index < -0.39 is 5.97 Å². The minimum absolute atomic E-state index is 0.182. The zero-order chi connectivity index (χ0) is 19.2.